The minimum absolute atomic E-state index is 0.0243. The van der Waals surface area contributed by atoms with Crippen LogP contribution in [0, 0.1) is 0 Å². The van der Waals surface area contributed by atoms with Crippen LogP contribution in [0.2, 0.25) is 0 Å². The van der Waals surface area contributed by atoms with Gasteiger partial charge in [-0.25, -0.2) is 22.5 Å². The summed E-state index contributed by atoms with van der Waals surface area (Å²) < 4.78 is 25.1. The molecule has 4 atom stereocenters. The van der Waals surface area contributed by atoms with Crippen molar-refractivity contribution >= 4 is 33.5 Å². The van der Waals surface area contributed by atoms with Crippen molar-refractivity contribution in [2.24, 2.45) is 0 Å². The van der Waals surface area contributed by atoms with E-state index in [2.05, 4.69) is 9.80 Å². The molecule has 4 heterocycles. The number of nitrogens with zero attached hydrogens (tertiary/aromatic N) is 5. The van der Waals surface area contributed by atoms with E-state index in [1.165, 1.54) is 10.6 Å². The molecule has 2 N–H and O–H groups in total. The molecule has 1 aromatic carbocycles. The maximum atomic E-state index is 13.9. The van der Waals surface area contributed by atoms with Gasteiger partial charge in [-0.1, -0.05) is 12.1 Å². The second kappa shape index (κ2) is 10.1. The summed E-state index contributed by atoms with van der Waals surface area (Å²) in [6.07, 6.45) is 2.96. The molecule has 210 valence electrons. The van der Waals surface area contributed by atoms with Gasteiger partial charge in [0.1, 0.15) is 11.7 Å². The number of rotatable bonds is 7. The molecule has 38 heavy (non-hydrogen) atoms. The van der Waals surface area contributed by atoms with Gasteiger partial charge < -0.3 is 10.2 Å². The number of benzene rings is 1. The van der Waals surface area contributed by atoms with Crippen molar-refractivity contribution in [2.45, 2.75) is 69.8 Å². The Morgan fingerprint density at radius 3 is 2.21 bits per heavy atom. The van der Waals surface area contributed by atoms with Gasteiger partial charge in [0.15, 0.2) is 5.69 Å². The van der Waals surface area contributed by atoms with E-state index in [0.29, 0.717) is 45.0 Å². The number of imide groups is 1. The molecule has 0 aliphatic carbocycles. The molecule has 0 aromatic heterocycles. The molecule has 2 bridgehead atoms. The third-order valence-electron chi connectivity index (χ3n) is 9.16. The highest BCUT2D eigenvalue weighted by atomic mass is 32.2. The number of carbonyl (C=O) groups is 2. The van der Waals surface area contributed by atoms with Crippen LogP contribution in [0.5, 0.6) is 0 Å². The average molecular weight is 551 g/mol. The van der Waals surface area contributed by atoms with Gasteiger partial charge in [0.05, 0.1) is 18.4 Å². The van der Waals surface area contributed by atoms with E-state index in [1.54, 1.807) is 12.1 Å². The van der Waals surface area contributed by atoms with Crippen LogP contribution in [0.25, 0.3) is 0 Å². The molecule has 3 fully saturated rings. The van der Waals surface area contributed by atoms with Gasteiger partial charge in [-0.2, -0.15) is 9.21 Å². The number of piperazine rings is 1. The Balaban J connectivity index is 1.29. The van der Waals surface area contributed by atoms with E-state index in [0.717, 1.165) is 36.3 Å². The number of hydrogen-bond acceptors (Lipinski definition) is 7. The van der Waals surface area contributed by atoms with E-state index < -0.39 is 22.2 Å². The number of β-amino-alcohol motifs (C(OH)–C–C–N with tert-alkyl or cyclic N) is 1. The number of hydrogen-bond donors (Lipinski definition) is 2. The van der Waals surface area contributed by atoms with Crippen LogP contribution in [-0.4, -0.2) is 121 Å². The highest BCUT2D eigenvalue weighted by molar-refractivity contribution is 7.88. The Bertz CT molecular complexity index is 1170. The van der Waals surface area contributed by atoms with Gasteiger partial charge in [0.2, 0.25) is 10.0 Å². The van der Waals surface area contributed by atoms with Crippen molar-refractivity contribution in [3.8, 4) is 0 Å². The van der Waals surface area contributed by atoms with Crippen molar-refractivity contribution in [1.29, 1.82) is 0 Å². The number of fused-ring (bicyclic) bond motifs is 3. The van der Waals surface area contributed by atoms with Gasteiger partial charge in [-0.15, -0.1) is 0 Å². The summed E-state index contributed by atoms with van der Waals surface area (Å²) in [6, 6.07) is 7.17. The molecule has 0 radical (unpaired) electrons. The third-order valence-corrected chi connectivity index (χ3v) is 10.5. The molecule has 12 heteroatoms. The molecule has 5 rings (SSSR count). The number of anilines is 1. The Labute approximate surface area is 224 Å². The lowest BCUT2D eigenvalue weighted by Gasteiger charge is -2.48. The summed E-state index contributed by atoms with van der Waals surface area (Å²) in [4.78, 5) is 31.5. The quantitative estimate of drug-likeness (QED) is 0.494. The van der Waals surface area contributed by atoms with Gasteiger partial charge in [-0.3, -0.25) is 9.80 Å². The molecule has 0 saturated carbocycles. The van der Waals surface area contributed by atoms with E-state index in [9.17, 15) is 28.2 Å². The minimum Gasteiger partial charge on any atom is -0.464 e. The highest BCUT2D eigenvalue weighted by Gasteiger charge is 2.62. The Kier molecular flexibility index (Phi) is 7.33. The highest BCUT2D eigenvalue weighted by Crippen LogP contribution is 2.50. The summed E-state index contributed by atoms with van der Waals surface area (Å²) in [5, 5.41) is 20.9. The van der Waals surface area contributed by atoms with Crippen molar-refractivity contribution in [3.63, 3.8) is 0 Å². The normalized spacial score (nSPS) is 31.7. The van der Waals surface area contributed by atoms with Crippen molar-refractivity contribution in [1.82, 2.24) is 18.6 Å². The predicted molar refractivity (Wildman–Crippen MR) is 145 cm³/mol. The lowest BCUT2D eigenvalue weighted by molar-refractivity contribution is 0.0148. The fraction of sp³-hybridized carbons (Fsp3) is 0.692. The molecular weight excluding hydrogens is 510 g/mol. The van der Waals surface area contributed by atoms with Crippen molar-refractivity contribution < 1.29 is 28.2 Å². The number of quaternary nitrogens is 1. The van der Waals surface area contributed by atoms with E-state index in [-0.39, 0.29) is 34.7 Å². The molecule has 4 aliphatic rings. The van der Waals surface area contributed by atoms with Gasteiger partial charge in [0.25, 0.3) is 0 Å². The maximum Gasteiger partial charge on any atom is 0.439 e. The average Bonchev–Trinajstić information content (AvgIpc) is 3.23. The maximum absolute atomic E-state index is 13.9. The zero-order valence-electron chi connectivity index (χ0n) is 22.4. The first-order valence-electron chi connectivity index (χ1n) is 13.6. The lowest BCUT2D eigenvalue weighted by Crippen LogP contribution is -2.68. The summed E-state index contributed by atoms with van der Waals surface area (Å²) in [5.74, 6) is 0. The fourth-order valence-electron chi connectivity index (χ4n) is 7.52. The number of sulfonamides is 1. The molecule has 11 nitrogen and oxygen atoms in total. The number of piperidine rings is 1. The topological polar surface area (TPSA) is 122 Å². The molecule has 4 unspecified atom stereocenters. The number of carbonyl (C=O) groups excluding carboxylic acids is 1. The van der Waals surface area contributed by atoms with Crippen LogP contribution in [0.15, 0.2) is 24.3 Å². The zero-order chi connectivity index (χ0) is 27.4. The summed E-state index contributed by atoms with van der Waals surface area (Å²) in [7, 11) is -3.19. The molecular formula is C26H40N5O6S+. The number of aliphatic hydroxyl groups excluding tert-OH is 1. The zero-order valence-corrected chi connectivity index (χ0v) is 23.3. The second-order valence-corrected chi connectivity index (χ2v) is 13.6. The first kappa shape index (κ1) is 27.5. The number of aliphatic hydroxyl groups is 1. The van der Waals surface area contributed by atoms with Crippen LogP contribution in [-0.2, 0) is 10.0 Å². The monoisotopic (exact) mass is 550 g/mol. The Hall–Kier alpha value is -2.09. The predicted octanol–water partition coefficient (Wildman–Crippen LogP) is 1.95. The van der Waals surface area contributed by atoms with Crippen LogP contribution in [0.4, 0.5) is 21.0 Å². The van der Waals surface area contributed by atoms with Crippen molar-refractivity contribution in [3.05, 3.63) is 24.3 Å². The Morgan fingerprint density at radius 1 is 1.05 bits per heavy atom. The van der Waals surface area contributed by atoms with Gasteiger partial charge in [0, 0.05) is 70.3 Å². The van der Waals surface area contributed by atoms with E-state index >= 15 is 0 Å². The summed E-state index contributed by atoms with van der Waals surface area (Å²) in [5.41, 5.74) is 1.22. The molecule has 1 aromatic rings. The van der Waals surface area contributed by atoms with Crippen LogP contribution in [0.1, 0.15) is 39.5 Å². The second-order valence-electron chi connectivity index (χ2n) is 11.6. The summed E-state index contributed by atoms with van der Waals surface area (Å²) in [6.45, 7) is 7.15. The minimum atomic E-state index is -3.19. The number of para-hydroxylation sites is 2. The van der Waals surface area contributed by atoms with E-state index in [4.69, 9.17) is 0 Å². The lowest BCUT2D eigenvalue weighted by atomic mass is 9.91. The third kappa shape index (κ3) is 4.54. The standard InChI is InChI=1S/C26H39N5O6S/c1-18(2)31(24-7-5-4-6-23(24)30(25(31)33)26(34)35)21-14-19-8-9-20(15-21)29(19)17-22(32)16-27-10-12-28(13-11-27)38(3,36)37/h4-7,18-22,32H,8-17H2,1-3H3/p+1. The SMILES string of the molecule is CC(C)[N+]1(C2CC3CCC(C2)N3CC(O)CN2CCN(S(C)(=O)=O)CC2)C(=O)N(C(=O)O)c2ccccc21. The number of amides is 3. The smallest absolute Gasteiger partial charge is 0.439 e. The van der Waals surface area contributed by atoms with E-state index in [1.807, 2.05) is 26.0 Å². The molecule has 4 aliphatic heterocycles. The first-order chi connectivity index (χ1) is 17.9. The molecule has 0 spiro atoms. The van der Waals surface area contributed by atoms with Crippen LogP contribution in [0.3, 0.4) is 0 Å². The van der Waals surface area contributed by atoms with Crippen molar-refractivity contribution in [2.75, 3.05) is 50.4 Å². The first-order valence-corrected chi connectivity index (χ1v) is 15.5. The molecule has 3 amide bonds. The number of carboxylic acid groups (broad SMARTS) is 1. The van der Waals surface area contributed by atoms with Crippen LogP contribution >= 0.6 is 0 Å². The fourth-order valence-corrected chi connectivity index (χ4v) is 8.34. The van der Waals surface area contributed by atoms with Crippen LogP contribution < -0.4 is 9.38 Å². The number of urea groups is 1. The molecule has 3 saturated heterocycles. The largest absolute Gasteiger partial charge is 0.464 e. The van der Waals surface area contributed by atoms with Gasteiger partial charge >= 0.3 is 12.1 Å². The summed E-state index contributed by atoms with van der Waals surface area (Å²) >= 11 is 0. The van der Waals surface area contributed by atoms with Gasteiger partial charge in [-0.05, 0) is 32.8 Å². The Morgan fingerprint density at radius 2 is 1.66 bits per heavy atom.